The molecule has 1 amide bonds. The van der Waals surface area contributed by atoms with Gasteiger partial charge in [0.15, 0.2) is 0 Å². The molecule has 1 aromatic heterocycles. The summed E-state index contributed by atoms with van der Waals surface area (Å²) in [5, 5.41) is 3.86. The van der Waals surface area contributed by atoms with Crippen LogP contribution in [0.1, 0.15) is 24.2 Å². The van der Waals surface area contributed by atoms with Gasteiger partial charge in [-0.1, -0.05) is 13.8 Å². The maximum atomic E-state index is 12.2. The van der Waals surface area contributed by atoms with E-state index in [4.69, 9.17) is 5.73 Å². The fourth-order valence-corrected chi connectivity index (χ4v) is 2.29. The molecular formula is C15H22N4O. The molecular weight excluding hydrogens is 252 g/mol. The monoisotopic (exact) mass is 274 g/mol. The van der Waals surface area contributed by atoms with Gasteiger partial charge in [-0.3, -0.25) is 4.79 Å². The number of nitrogen functional groups attached to an aromatic ring is 1. The standard InChI is InChI=1S/C15H22N4O/c1-3-19(4-2)8-7-17-15(20)13-10-18-14-9-11(16)5-6-12(13)14/h5-6,9-10,18H,3-4,7-8,16H2,1-2H3,(H,17,20). The lowest BCUT2D eigenvalue weighted by Crippen LogP contribution is -2.34. The van der Waals surface area contributed by atoms with Crippen LogP contribution in [0.4, 0.5) is 5.69 Å². The minimum absolute atomic E-state index is 0.0480. The number of anilines is 1. The third-order valence-electron chi connectivity index (χ3n) is 3.56. The second kappa shape index (κ2) is 6.43. The molecule has 0 unspecified atom stereocenters. The predicted molar refractivity (Wildman–Crippen MR) is 82.8 cm³/mol. The van der Waals surface area contributed by atoms with Crippen LogP contribution in [0.25, 0.3) is 10.9 Å². The van der Waals surface area contributed by atoms with Crippen molar-refractivity contribution in [3.05, 3.63) is 30.0 Å². The first-order valence-electron chi connectivity index (χ1n) is 7.02. The van der Waals surface area contributed by atoms with Gasteiger partial charge in [-0.15, -0.1) is 0 Å². The second-order valence-corrected chi connectivity index (χ2v) is 4.79. The number of rotatable bonds is 6. The summed E-state index contributed by atoms with van der Waals surface area (Å²) in [4.78, 5) is 17.5. The molecule has 0 aliphatic carbocycles. The van der Waals surface area contributed by atoms with E-state index in [2.05, 4.69) is 29.0 Å². The number of aromatic amines is 1. The van der Waals surface area contributed by atoms with Gasteiger partial charge >= 0.3 is 0 Å². The lowest BCUT2D eigenvalue weighted by Gasteiger charge is -2.17. The Kier molecular flexibility index (Phi) is 4.63. The zero-order valence-electron chi connectivity index (χ0n) is 12.1. The maximum absolute atomic E-state index is 12.2. The Balaban J connectivity index is 2.01. The van der Waals surface area contributed by atoms with Crippen LogP contribution < -0.4 is 11.1 Å². The van der Waals surface area contributed by atoms with Crippen LogP contribution in [0, 0.1) is 0 Å². The summed E-state index contributed by atoms with van der Waals surface area (Å²) in [6.07, 6.45) is 1.73. The van der Waals surface area contributed by atoms with Gasteiger partial charge < -0.3 is 20.9 Å². The van der Waals surface area contributed by atoms with E-state index in [1.807, 2.05) is 18.2 Å². The number of likely N-dealkylation sites (N-methyl/N-ethyl adjacent to an activating group) is 1. The summed E-state index contributed by atoms with van der Waals surface area (Å²) in [5.41, 5.74) is 7.97. The molecule has 0 spiro atoms. The number of hydrogen-bond donors (Lipinski definition) is 3. The fourth-order valence-electron chi connectivity index (χ4n) is 2.29. The summed E-state index contributed by atoms with van der Waals surface area (Å²) in [7, 11) is 0. The SMILES string of the molecule is CCN(CC)CCNC(=O)c1c[nH]c2cc(N)ccc12. The van der Waals surface area contributed by atoms with Crippen LogP contribution in [-0.4, -0.2) is 42.0 Å². The molecule has 0 radical (unpaired) electrons. The molecule has 5 nitrogen and oxygen atoms in total. The molecule has 20 heavy (non-hydrogen) atoms. The molecule has 0 aliphatic heterocycles. The van der Waals surface area contributed by atoms with Crippen molar-refractivity contribution in [1.82, 2.24) is 15.2 Å². The quantitative estimate of drug-likeness (QED) is 0.703. The third kappa shape index (κ3) is 3.11. The Bertz CT molecular complexity index is 587. The molecule has 1 aromatic carbocycles. The van der Waals surface area contributed by atoms with Gasteiger partial charge in [-0.05, 0) is 31.3 Å². The smallest absolute Gasteiger partial charge is 0.253 e. The molecule has 0 fully saturated rings. The van der Waals surface area contributed by atoms with Crippen molar-refractivity contribution < 1.29 is 4.79 Å². The van der Waals surface area contributed by atoms with E-state index < -0.39 is 0 Å². The summed E-state index contributed by atoms with van der Waals surface area (Å²) >= 11 is 0. The highest BCUT2D eigenvalue weighted by Crippen LogP contribution is 2.20. The van der Waals surface area contributed by atoms with Gasteiger partial charge in [0.1, 0.15) is 0 Å². The summed E-state index contributed by atoms with van der Waals surface area (Å²) in [6, 6.07) is 5.52. The number of nitrogens with zero attached hydrogens (tertiary/aromatic N) is 1. The first-order chi connectivity index (χ1) is 9.65. The first-order valence-corrected chi connectivity index (χ1v) is 7.02. The molecule has 0 bridgehead atoms. The van der Waals surface area contributed by atoms with Crippen LogP contribution in [0.2, 0.25) is 0 Å². The molecule has 108 valence electrons. The number of carbonyl (C=O) groups is 1. The maximum Gasteiger partial charge on any atom is 0.253 e. The number of hydrogen-bond acceptors (Lipinski definition) is 3. The largest absolute Gasteiger partial charge is 0.399 e. The van der Waals surface area contributed by atoms with Crippen molar-refractivity contribution in [1.29, 1.82) is 0 Å². The second-order valence-electron chi connectivity index (χ2n) is 4.79. The number of amides is 1. The Labute approximate surface area is 119 Å². The molecule has 2 aromatic rings. The van der Waals surface area contributed by atoms with E-state index in [-0.39, 0.29) is 5.91 Å². The summed E-state index contributed by atoms with van der Waals surface area (Å²) < 4.78 is 0. The van der Waals surface area contributed by atoms with E-state index in [0.717, 1.165) is 30.5 Å². The molecule has 5 heteroatoms. The highest BCUT2D eigenvalue weighted by molar-refractivity contribution is 6.07. The zero-order valence-corrected chi connectivity index (χ0v) is 12.1. The lowest BCUT2D eigenvalue weighted by molar-refractivity contribution is 0.0950. The lowest BCUT2D eigenvalue weighted by atomic mass is 10.1. The number of H-pyrrole nitrogens is 1. The summed E-state index contributed by atoms with van der Waals surface area (Å²) in [5.74, 6) is -0.0480. The Morgan fingerprint density at radius 1 is 1.35 bits per heavy atom. The van der Waals surface area contributed by atoms with Gasteiger partial charge in [0.05, 0.1) is 5.56 Å². The van der Waals surface area contributed by atoms with Crippen LogP contribution >= 0.6 is 0 Å². The average molecular weight is 274 g/mol. The first kappa shape index (κ1) is 14.4. The molecule has 0 saturated carbocycles. The normalized spacial score (nSPS) is 11.2. The van der Waals surface area contributed by atoms with E-state index >= 15 is 0 Å². The number of carbonyl (C=O) groups excluding carboxylic acids is 1. The van der Waals surface area contributed by atoms with Gasteiger partial charge in [-0.2, -0.15) is 0 Å². The van der Waals surface area contributed by atoms with Crippen LogP contribution in [-0.2, 0) is 0 Å². The van der Waals surface area contributed by atoms with Crippen molar-refractivity contribution in [2.75, 3.05) is 31.9 Å². The molecule has 1 heterocycles. The topological polar surface area (TPSA) is 74.2 Å². The number of aromatic nitrogens is 1. The summed E-state index contributed by atoms with van der Waals surface area (Å²) in [6.45, 7) is 7.76. The molecule has 2 rings (SSSR count). The van der Waals surface area contributed by atoms with Gasteiger partial charge in [-0.25, -0.2) is 0 Å². The van der Waals surface area contributed by atoms with Crippen molar-refractivity contribution in [2.45, 2.75) is 13.8 Å². The van der Waals surface area contributed by atoms with Crippen LogP contribution in [0.3, 0.4) is 0 Å². The fraction of sp³-hybridized carbons (Fsp3) is 0.400. The Morgan fingerprint density at radius 2 is 2.10 bits per heavy atom. The van der Waals surface area contributed by atoms with E-state index in [9.17, 15) is 4.79 Å². The Hall–Kier alpha value is -2.01. The van der Waals surface area contributed by atoms with Crippen molar-refractivity contribution >= 4 is 22.5 Å². The third-order valence-corrected chi connectivity index (χ3v) is 3.56. The predicted octanol–water partition coefficient (Wildman–Crippen LogP) is 1.82. The molecule has 0 atom stereocenters. The Morgan fingerprint density at radius 3 is 2.80 bits per heavy atom. The zero-order chi connectivity index (χ0) is 14.5. The van der Waals surface area contributed by atoms with E-state index in [1.54, 1.807) is 6.20 Å². The molecule has 4 N–H and O–H groups in total. The van der Waals surface area contributed by atoms with Crippen LogP contribution in [0.15, 0.2) is 24.4 Å². The van der Waals surface area contributed by atoms with Gasteiger partial charge in [0.2, 0.25) is 0 Å². The van der Waals surface area contributed by atoms with Gasteiger partial charge in [0, 0.05) is 35.9 Å². The van der Waals surface area contributed by atoms with Gasteiger partial charge in [0.25, 0.3) is 5.91 Å². The number of fused-ring (bicyclic) bond motifs is 1. The van der Waals surface area contributed by atoms with Crippen molar-refractivity contribution in [3.8, 4) is 0 Å². The minimum atomic E-state index is -0.0480. The number of nitrogens with one attached hydrogen (secondary N) is 2. The van der Waals surface area contributed by atoms with Crippen molar-refractivity contribution in [2.24, 2.45) is 0 Å². The molecule has 0 saturated heterocycles. The highest BCUT2D eigenvalue weighted by Gasteiger charge is 2.11. The minimum Gasteiger partial charge on any atom is -0.399 e. The van der Waals surface area contributed by atoms with E-state index in [0.29, 0.717) is 17.8 Å². The van der Waals surface area contributed by atoms with Crippen LogP contribution in [0.5, 0.6) is 0 Å². The molecule has 0 aliphatic rings. The number of benzene rings is 1. The average Bonchev–Trinajstić information content (AvgIpc) is 2.86. The van der Waals surface area contributed by atoms with E-state index in [1.165, 1.54) is 0 Å². The van der Waals surface area contributed by atoms with Crippen molar-refractivity contribution in [3.63, 3.8) is 0 Å². The highest BCUT2D eigenvalue weighted by atomic mass is 16.1. The number of nitrogens with two attached hydrogens (primary N) is 1.